The van der Waals surface area contributed by atoms with Gasteiger partial charge in [0.2, 0.25) is 0 Å². The van der Waals surface area contributed by atoms with E-state index in [0.29, 0.717) is 17.0 Å². The third-order valence-corrected chi connectivity index (χ3v) is 4.07. The number of aromatic nitrogens is 2. The summed E-state index contributed by atoms with van der Waals surface area (Å²) in [5.74, 6) is 0.397. The molecule has 0 N–H and O–H groups in total. The van der Waals surface area contributed by atoms with Crippen LogP contribution in [-0.4, -0.2) is 23.1 Å². The fraction of sp³-hybridized carbons (Fsp3) is 0.278. The van der Waals surface area contributed by atoms with E-state index < -0.39 is 5.63 Å². The van der Waals surface area contributed by atoms with Gasteiger partial charge in [-0.05, 0) is 44.5 Å². The average Bonchev–Trinajstić information content (AvgIpc) is 2.57. The number of aryl methyl sites for hydroxylation is 1. The summed E-state index contributed by atoms with van der Waals surface area (Å²) in [6.45, 7) is 7.92. The molecule has 0 spiro atoms. The lowest BCUT2D eigenvalue weighted by Gasteiger charge is -2.21. The lowest BCUT2D eigenvalue weighted by molar-refractivity contribution is 0.561. The van der Waals surface area contributed by atoms with Gasteiger partial charge in [-0.25, -0.2) is 14.8 Å². The Bertz CT molecular complexity index is 884. The molecule has 2 aromatic heterocycles. The molecule has 0 amide bonds. The first-order valence-corrected chi connectivity index (χ1v) is 7.75. The van der Waals surface area contributed by atoms with E-state index in [1.807, 2.05) is 19.1 Å². The third kappa shape index (κ3) is 2.70. The van der Waals surface area contributed by atoms with Crippen molar-refractivity contribution < 1.29 is 4.42 Å². The van der Waals surface area contributed by atoms with Gasteiger partial charge >= 0.3 is 5.63 Å². The van der Waals surface area contributed by atoms with Gasteiger partial charge in [-0.3, -0.25) is 0 Å². The van der Waals surface area contributed by atoms with E-state index in [1.54, 1.807) is 18.5 Å². The van der Waals surface area contributed by atoms with Crippen molar-refractivity contribution in [2.45, 2.75) is 20.8 Å². The molecule has 0 atom stereocenters. The molecule has 1 aromatic carbocycles. The Morgan fingerprint density at radius 3 is 2.48 bits per heavy atom. The fourth-order valence-electron chi connectivity index (χ4n) is 2.82. The van der Waals surface area contributed by atoms with Crippen LogP contribution in [0.2, 0.25) is 0 Å². The van der Waals surface area contributed by atoms with Crippen LogP contribution in [0.3, 0.4) is 0 Å². The Morgan fingerprint density at radius 1 is 1.13 bits per heavy atom. The minimum Gasteiger partial charge on any atom is -0.422 e. The zero-order valence-corrected chi connectivity index (χ0v) is 13.5. The molecular formula is C18H19N3O2. The van der Waals surface area contributed by atoms with Crippen LogP contribution in [0, 0.1) is 6.92 Å². The van der Waals surface area contributed by atoms with Crippen molar-refractivity contribution in [3.05, 3.63) is 52.6 Å². The summed E-state index contributed by atoms with van der Waals surface area (Å²) in [5, 5.41) is 0.906. The summed E-state index contributed by atoms with van der Waals surface area (Å²) in [4.78, 5) is 23.0. The van der Waals surface area contributed by atoms with E-state index in [2.05, 4.69) is 34.8 Å². The molecule has 0 radical (unpaired) electrons. The maximum absolute atomic E-state index is 12.4. The van der Waals surface area contributed by atoms with Crippen LogP contribution in [-0.2, 0) is 0 Å². The minimum absolute atomic E-state index is 0.397. The first kappa shape index (κ1) is 15.2. The second kappa shape index (κ2) is 6.20. The van der Waals surface area contributed by atoms with Crippen LogP contribution in [0.25, 0.3) is 22.4 Å². The first-order valence-electron chi connectivity index (χ1n) is 7.75. The second-order valence-electron chi connectivity index (χ2n) is 5.31. The molecule has 2 heterocycles. The van der Waals surface area contributed by atoms with Gasteiger partial charge in [0.25, 0.3) is 0 Å². The predicted molar refractivity (Wildman–Crippen MR) is 91.8 cm³/mol. The zero-order chi connectivity index (χ0) is 16.4. The summed E-state index contributed by atoms with van der Waals surface area (Å²) in [6, 6.07) is 7.69. The summed E-state index contributed by atoms with van der Waals surface area (Å²) < 4.78 is 5.55. The third-order valence-electron chi connectivity index (χ3n) is 4.07. The zero-order valence-electron chi connectivity index (χ0n) is 13.5. The molecule has 0 saturated carbocycles. The van der Waals surface area contributed by atoms with E-state index >= 15 is 0 Å². The van der Waals surface area contributed by atoms with Crippen molar-refractivity contribution in [1.82, 2.24) is 9.97 Å². The second-order valence-corrected chi connectivity index (χ2v) is 5.31. The average molecular weight is 309 g/mol. The molecule has 0 fully saturated rings. The molecule has 0 saturated heterocycles. The van der Waals surface area contributed by atoms with Crippen LogP contribution < -0.4 is 10.5 Å². The summed E-state index contributed by atoms with van der Waals surface area (Å²) in [7, 11) is 0. The smallest absolute Gasteiger partial charge is 0.347 e. The van der Waals surface area contributed by atoms with Gasteiger partial charge in [-0.1, -0.05) is 0 Å². The lowest BCUT2D eigenvalue weighted by atomic mass is 10.0. The van der Waals surface area contributed by atoms with Crippen LogP contribution in [0.5, 0.6) is 0 Å². The van der Waals surface area contributed by atoms with E-state index in [9.17, 15) is 4.79 Å². The van der Waals surface area contributed by atoms with Gasteiger partial charge < -0.3 is 9.32 Å². The predicted octanol–water partition coefficient (Wildman–Crippen LogP) is 3.40. The molecule has 0 aliphatic rings. The highest BCUT2D eigenvalue weighted by Gasteiger charge is 2.16. The summed E-state index contributed by atoms with van der Waals surface area (Å²) in [6.07, 6.45) is 3.24. The number of hydrogen-bond acceptors (Lipinski definition) is 5. The van der Waals surface area contributed by atoms with Crippen molar-refractivity contribution in [3.8, 4) is 11.4 Å². The van der Waals surface area contributed by atoms with Gasteiger partial charge in [0.05, 0.1) is 0 Å². The highest BCUT2D eigenvalue weighted by atomic mass is 16.4. The number of hydrogen-bond donors (Lipinski definition) is 0. The Labute approximate surface area is 134 Å². The molecule has 0 aliphatic heterocycles. The van der Waals surface area contributed by atoms with Crippen LogP contribution in [0.15, 0.2) is 45.9 Å². The van der Waals surface area contributed by atoms with Gasteiger partial charge in [-0.15, -0.1) is 0 Å². The van der Waals surface area contributed by atoms with E-state index in [4.69, 9.17) is 4.42 Å². The lowest BCUT2D eigenvalue weighted by Crippen LogP contribution is -2.21. The molecule has 3 aromatic rings. The number of nitrogens with zero attached hydrogens (tertiary/aromatic N) is 3. The molecule has 0 aliphatic carbocycles. The van der Waals surface area contributed by atoms with Crippen LogP contribution in [0.4, 0.5) is 5.69 Å². The number of fused-ring (bicyclic) bond motifs is 1. The Morgan fingerprint density at radius 2 is 1.83 bits per heavy atom. The van der Waals surface area contributed by atoms with Crippen molar-refractivity contribution in [2.75, 3.05) is 18.0 Å². The van der Waals surface area contributed by atoms with E-state index in [1.165, 1.54) is 0 Å². The molecule has 5 nitrogen and oxygen atoms in total. The highest BCUT2D eigenvalue weighted by molar-refractivity contribution is 5.87. The van der Waals surface area contributed by atoms with Gasteiger partial charge in [-0.2, -0.15) is 0 Å². The Kier molecular flexibility index (Phi) is 4.10. The number of anilines is 1. The van der Waals surface area contributed by atoms with Crippen molar-refractivity contribution in [2.24, 2.45) is 0 Å². The largest absolute Gasteiger partial charge is 0.422 e. The molecule has 118 valence electrons. The van der Waals surface area contributed by atoms with E-state index in [-0.39, 0.29) is 0 Å². The van der Waals surface area contributed by atoms with Crippen molar-refractivity contribution in [1.29, 1.82) is 0 Å². The van der Waals surface area contributed by atoms with E-state index in [0.717, 1.165) is 29.7 Å². The first-order chi connectivity index (χ1) is 11.2. The molecular weight excluding hydrogens is 290 g/mol. The van der Waals surface area contributed by atoms with Gasteiger partial charge in [0, 0.05) is 42.6 Å². The number of benzene rings is 1. The standard InChI is InChI=1S/C18H19N3O2/c1-4-21(5-2)13-7-8-14-12(3)16(17-19-9-6-10-20-17)18(22)23-15(14)11-13/h6-11H,4-5H2,1-3H3. The quantitative estimate of drug-likeness (QED) is 0.691. The maximum Gasteiger partial charge on any atom is 0.347 e. The monoisotopic (exact) mass is 309 g/mol. The van der Waals surface area contributed by atoms with Crippen LogP contribution >= 0.6 is 0 Å². The molecule has 3 rings (SSSR count). The molecule has 23 heavy (non-hydrogen) atoms. The highest BCUT2D eigenvalue weighted by Crippen LogP contribution is 2.27. The molecule has 0 unspecified atom stereocenters. The summed E-state index contributed by atoms with van der Waals surface area (Å²) in [5.41, 5.74) is 2.51. The summed E-state index contributed by atoms with van der Waals surface area (Å²) >= 11 is 0. The SMILES string of the molecule is CCN(CC)c1ccc2c(C)c(-c3ncccn3)c(=O)oc2c1. The normalized spacial score (nSPS) is 10.9. The van der Waals surface area contributed by atoms with Gasteiger partial charge in [0.15, 0.2) is 5.82 Å². The fourth-order valence-corrected chi connectivity index (χ4v) is 2.82. The van der Waals surface area contributed by atoms with Crippen molar-refractivity contribution >= 4 is 16.7 Å². The molecule has 5 heteroatoms. The maximum atomic E-state index is 12.4. The van der Waals surface area contributed by atoms with Crippen molar-refractivity contribution in [3.63, 3.8) is 0 Å². The Balaban J connectivity index is 2.21. The topological polar surface area (TPSA) is 59.2 Å². The Hall–Kier alpha value is -2.69. The van der Waals surface area contributed by atoms with Gasteiger partial charge in [0.1, 0.15) is 11.1 Å². The van der Waals surface area contributed by atoms with Crippen LogP contribution in [0.1, 0.15) is 19.4 Å². The minimum atomic E-state index is -0.405. The number of rotatable bonds is 4. The molecule has 0 bridgehead atoms.